The summed E-state index contributed by atoms with van der Waals surface area (Å²) >= 11 is 0. The number of hydrogen-bond donors (Lipinski definition) is 2. The molecule has 0 amide bonds. The first-order valence-corrected chi connectivity index (χ1v) is 10.4. The van der Waals surface area contributed by atoms with Gasteiger partial charge in [0.15, 0.2) is 5.96 Å². The quantitative estimate of drug-likeness (QED) is 0.521. The van der Waals surface area contributed by atoms with E-state index in [0.29, 0.717) is 6.04 Å². The fraction of sp³-hybridized carbons (Fsp3) is 0.950. The molecule has 0 aliphatic carbocycles. The Morgan fingerprint density at radius 1 is 1.12 bits per heavy atom. The molecule has 0 aromatic rings. The van der Waals surface area contributed by atoms with Gasteiger partial charge in [0.2, 0.25) is 0 Å². The molecule has 5 nitrogen and oxygen atoms in total. The minimum atomic E-state index is 0.207. The van der Waals surface area contributed by atoms with Gasteiger partial charge in [-0.05, 0) is 71.4 Å². The van der Waals surface area contributed by atoms with Gasteiger partial charge in [-0.1, -0.05) is 13.8 Å². The van der Waals surface area contributed by atoms with Crippen LogP contribution in [-0.2, 0) is 4.74 Å². The summed E-state index contributed by atoms with van der Waals surface area (Å²) in [7, 11) is 0. The number of ether oxygens (including phenoxy) is 1. The van der Waals surface area contributed by atoms with Crippen LogP contribution in [0.3, 0.4) is 0 Å². The number of guanidine groups is 1. The van der Waals surface area contributed by atoms with E-state index in [1.165, 1.54) is 38.8 Å². The molecule has 0 aromatic carbocycles. The molecule has 1 atom stereocenters. The highest BCUT2D eigenvalue weighted by Gasteiger charge is 2.39. The van der Waals surface area contributed by atoms with Gasteiger partial charge in [0.1, 0.15) is 0 Å². The minimum absolute atomic E-state index is 0.207. The Balaban J connectivity index is 1.98. The van der Waals surface area contributed by atoms with Gasteiger partial charge in [0, 0.05) is 31.3 Å². The highest BCUT2D eigenvalue weighted by Crippen LogP contribution is 2.31. The highest BCUT2D eigenvalue weighted by atomic mass is 16.5. The van der Waals surface area contributed by atoms with Crippen LogP contribution in [0.15, 0.2) is 4.99 Å². The molecule has 0 spiro atoms. The van der Waals surface area contributed by atoms with Crippen LogP contribution in [0, 0.1) is 5.92 Å². The predicted molar refractivity (Wildman–Crippen MR) is 106 cm³/mol. The van der Waals surface area contributed by atoms with E-state index in [4.69, 9.17) is 9.73 Å². The van der Waals surface area contributed by atoms with E-state index < -0.39 is 0 Å². The Morgan fingerprint density at radius 3 is 2.40 bits per heavy atom. The fourth-order valence-corrected chi connectivity index (χ4v) is 3.95. The lowest BCUT2D eigenvalue weighted by Crippen LogP contribution is -2.54. The zero-order chi connectivity index (χ0) is 18.1. The lowest BCUT2D eigenvalue weighted by atomic mass is 9.88. The first-order valence-electron chi connectivity index (χ1n) is 10.4. The molecule has 2 aliphatic rings. The second kappa shape index (κ2) is 10.4. The van der Waals surface area contributed by atoms with E-state index in [2.05, 4.69) is 43.2 Å². The van der Waals surface area contributed by atoms with Crippen molar-refractivity contribution in [3.63, 3.8) is 0 Å². The standard InChI is InChI=1S/C20H40N4O/c1-5-21-19(23-18(4)9-8-17(2)3)22-16-20(10-14-25-15-11-20)24-12-6-7-13-24/h17-18H,5-16H2,1-4H3,(H2,21,22,23). The summed E-state index contributed by atoms with van der Waals surface area (Å²) in [5.41, 5.74) is 0.207. The van der Waals surface area contributed by atoms with Crippen molar-refractivity contribution in [1.82, 2.24) is 15.5 Å². The maximum atomic E-state index is 5.65. The fourth-order valence-electron chi connectivity index (χ4n) is 3.95. The van der Waals surface area contributed by atoms with Gasteiger partial charge in [-0.15, -0.1) is 0 Å². The summed E-state index contributed by atoms with van der Waals surface area (Å²) < 4.78 is 5.65. The van der Waals surface area contributed by atoms with Gasteiger partial charge >= 0.3 is 0 Å². The Bertz CT molecular complexity index is 399. The molecule has 5 heteroatoms. The number of nitrogens with one attached hydrogen (secondary N) is 2. The van der Waals surface area contributed by atoms with Gasteiger partial charge < -0.3 is 15.4 Å². The lowest BCUT2D eigenvalue weighted by molar-refractivity contribution is -0.0139. The van der Waals surface area contributed by atoms with E-state index in [0.717, 1.165) is 51.0 Å². The second-order valence-corrected chi connectivity index (χ2v) is 8.24. The van der Waals surface area contributed by atoms with Crippen LogP contribution < -0.4 is 10.6 Å². The maximum Gasteiger partial charge on any atom is 0.191 e. The van der Waals surface area contributed by atoms with Crippen molar-refractivity contribution in [3.05, 3.63) is 0 Å². The van der Waals surface area contributed by atoms with Crippen molar-refractivity contribution in [2.24, 2.45) is 10.9 Å². The highest BCUT2D eigenvalue weighted by molar-refractivity contribution is 5.80. The Kier molecular flexibility index (Phi) is 8.50. The molecule has 2 rings (SSSR count). The van der Waals surface area contributed by atoms with Crippen molar-refractivity contribution in [1.29, 1.82) is 0 Å². The third-order valence-electron chi connectivity index (χ3n) is 5.64. The summed E-state index contributed by atoms with van der Waals surface area (Å²) in [6.45, 7) is 15.0. The average Bonchev–Trinajstić information content (AvgIpc) is 3.14. The molecule has 2 heterocycles. The third-order valence-corrected chi connectivity index (χ3v) is 5.64. The van der Waals surface area contributed by atoms with Crippen LogP contribution >= 0.6 is 0 Å². The van der Waals surface area contributed by atoms with Crippen LogP contribution in [0.5, 0.6) is 0 Å². The molecule has 1 unspecified atom stereocenters. The number of rotatable bonds is 8. The van der Waals surface area contributed by atoms with Crippen molar-refractivity contribution in [3.8, 4) is 0 Å². The Hall–Kier alpha value is -0.810. The molecule has 0 saturated carbocycles. The smallest absolute Gasteiger partial charge is 0.191 e. The van der Waals surface area contributed by atoms with Crippen molar-refractivity contribution >= 4 is 5.96 Å². The molecule has 2 aliphatic heterocycles. The van der Waals surface area contributed by atoms with Gasteiger partial charge in [-0.2, -0.15) is 0 Å². The van der Waals surface area contributed by atoms with Crippen LogP contribution in [0.1, 0.15) is 66.2 Å². The van der Waals surface area contributed by atoms with Crippen molar-refractivity contribution in [2.75, 3.05) is 39.4 Å². The first-order chi connectivity index (χ1) is 12.1. The van der Waals surface area contributed by atoms with Gasteiger partial charge in [0.25, 0.3) is 0 Å². The Labute approximate surface area is 155 Å². The van der Waals surface area contributed by atoms with Gasteiger partial charge in [-0.25, -0.2) is 0 Å². The normalized spacial score (nSPS) is 23.0. The summed E-state index contributed by atoms with van der Waals surface area (Å²) in [5.74, 6) is 1.73. The van der Waals surface area contributed by atoms with E-state index in [9.17, 15) is 0 Å². The number of aliphatic imine (C=N–C) groups is 1. The van der Waals surface area contributed by atoms with E-state index in [1.54, 1.807) is 0 Å². The van der Waals surface area contributed by atoms with Crippen LogP contribution in [0.2, 0.25) is 0 Å². The minimum Gasteiger partial charge on any atom is -0.381 e. The maximum absolute atomic E-state index is 5.65. The summed E-state index contributed by atoms with van der Waals surface area (Å²) in [6, 6.07) is 0.456. The Morgan fingerprint density at radius 2 is 1.80 bits per heavy atom. The molecule has 0 radical (unpaired) electrons. The molecule has 0 bridgehead atoms. The number of hydrogen-bond acceptors (Lipinski definition) is 3. The van der Waals surface area contributed by atoms with Crippen molar-refractivity contribution < 1.29 is 4.74 Å². The largest absolute Gasteiger partial charge is 0.381 e. The zero-order valence-electron chi connectivity index (χ0n) is 16.9. The molecule has 0 aromatic heterocycles. The number of likely N-dealkylation sites (tertiary alicyclic amines) is 1. The monoisotopic (exact) mass is 352 g/mol. The zero-order valence-corrected chi connectivity index (χ0v) is 16.9. The summed E-state index contributed by atoms with van der Waals surface area (Å²) in [4.78, 5) is 7.70. The molecule has 2 saturated heterocycles. The average molecular weight is 353 g/mol. The number of nitrogens with zero attached hydrogens (tertiary/aromatic N) is 2. The van der Waals surface area contributed by atoms with Crippen LogP contribution in [0.4, 0.5) is 0 Å². The van der Waals surface area contributed by atoms with Gasteiger partial charge in [0.05, 0.1) is 6.54 Å². The molecular weight excluding hydrogens is 312 g/mol. The molecule has 2 N–H and O–H groups in total. The third kappa shape index (κ3) is 6.45. The SMILES string of the molecule is CCNC(=NCC1(N2CCCC2)CCOCC1)NC(C)CCC(C)C. The second-order valence-electron chi connectivity index (χ2n) is 8.24. The van der Waals surface area contributed by atoms with Crippen LogP contribution in [-0.4, -0.2) is 61.8 Å². The molecule has 2 fully saturated rings. The van der Waals surface area contributed by atoms with E-state index in [1.807, 2.05) is 0 Å². The topological polar surface area (TPSA) is 48.9 Å². The molecular formula is C20H40N4O. The predicted octanol–water partition coefficient (Wildman–Crippen LogP) is 3.01. The van der Waals surface area contributed by atoms with Gasteiger partial charge in [-0.3, -0.25) is 9.89 Å². The summed E-state index contributed by atoms with van der Waals surface area (Å²) in [6.07, 6.45) is 7.32. The summed E-state index contributed by atoms with van der Waals surface area (Å²) in [5, 5.41) is 7.05. The van der Waals surface area contributed by atoms with E-state index >= 15 is 0 Å². The van der Waals surface area contributed by atoms with Crippen molar-refractivity contribution in [2.45, 2.75) is 77.8 Å². The molecule has 146 valence electrons. The van der Waals surface area contributed by atoms with E-state index in [-0.39, 0.29) is 5.54 Å². The molecule has 25 heavy (non-hydrogen) atoms. The first kappa shape index (κ1) is 20.5. The lowest BCUT2D eigenvalue weighted by Gasteiger charge is -2.43. The van der Waals surface area contributed by atoms with Crippen LogP contribution in [0.25, 0.3) is 0 Å².